The van der Waals surface area contributed by atoms with Gasteiger partial charge in [0.1, 0.15) is 0 Å². The molecule has 2 aromatic rings. The van der Waals surface area contributed by atoms with Gasteiger partial charge in [0, 0.05) is 36.1 Å². The Hall–Kier alpha value is -1.61. The first-order chi connectivity index (χ1) is 9.26. The van der Waals surface area contributed by atoms with Crippen molar-refractivity contribution < 1.29 is 4.79 Å². The van der Waals surface area contributed by atoms with Crippen LogP contribution in [-0.2, 0) is 0 Å². The number of benzene rings is 1. The number of carbonyl (C=O) groups is 1. The average Bonchev–Trinajstić information content (AvgIpc) is 2.46. The Bertz CT molecular complexity index is 565. The Kier molecular flexibility index (Phi) is 4.74. The predicted octanol–water partition coefficient (Wildman–Crippen LogP) is 3.33. The number of fused-ring (bicyclic) bond motifs is 1. The lowest BCUT2D eigenvalue weighted by Gasteiger charge is -2.21. The summed E-state index contributed by atoms with van der Waals surface area (Å²) in [7, 11) is 0. The zero-order valence-electron chi connectivity index (χ0n) is 11.0. The highest BCUT2D eigenvalue weighted by atomic mass is 35.5. The van der Waals surface area contributed by atoms with Gasteiger partial charge in [0.25, 0.3) is 5.91 Å². The van der Waals surface area contributed by atoms with Crippen LogP contribution in [0.5, 0.6) is 0 Å². The number of hydrogen-bond donors (Lipinski definition) is 0. The molecule has 1 aromatic heterocycles. The summed E-state index contributed by atoms with van der Waals surface area (Å²) in [5.41, 5.74) is 1.59. The van der Waals surface area contributed by atoms with Gasteiger partial charge in [-0.25, -0.2) is 0 Å². The standard InChI is InChI=1S/C15H17ClN2O/c1-2-9-18(10-7-16)15(19)13-5-6-14-12(11-13)4-3-8-17-14/h3-6,8,11H,2,7,9-10H2,1H3. The maximum Gasteiger partial charge on any atom is 0.253 e. The van der Waals surface area contributed by atoms with Gasteiger partial charge in [-0.05, 0) is 30.7 Å². The van der Waals surface area contributed by atoms with Crippen molar-refractivity contribution in [1.82, 2.24) is 9.88 Å². The van der Waals surface area contributed by atoms with Crippen LogP contribution in [0.2, 0.25) is 0 Å². The second-order valence-electron chi connectivity index (χ2n) is 4.39. The third-order valence-corrected chi connectivity index (χ3v) is 3.15. The normalized spacial score (nSPS) is 10.6. The van der Waals surface area contributed by atoms with E-state index in [0.29, 0.717) is 18.0 Å². The van der Waals surface area contributed by atoms with Gasteiger partial charge in [0.15, 0.2) is 0 Å². The van der Waals surface area contributed by atoms with Crippen LogP contribution >= 0.6 is 11.6 Å². The maximum absolute atomic E-state index is 12.4. The molecule has 0 fully saturated rings. The van der Waals surface area contributed by atoms with Gasteiger partial charge in [-0.1, -0.05) is 13.0 Å². The minimum Gasteiger partial charge on any atom is -0.337 e. The van der Waals surface area contributed by atoms with E-state index in [1.807, 2.05) is 30.3 Å². The Balaban J connectivity index is 2.29. The average molecular weight is 277 g/mol. The van der Waals surface area contributed by atoms with E-state index in [4.69, 9.17) is 11.6 Å². The first kappa shape index (κ1) is 13.8. The van der Waals surface area contributed by atoms with Crippen LogP contribution in [0.4, 0.5) is 0 Å². The summed E-state index contributed by atoms with van der Waals surface area (Å²) in [5.74, 6) is 0.495. The molecule has 0 saturated carbocycles. The summed E-state index contributed by atoms with van der Waals surface area (Å²) in [6.07, 6.45) is 2.68. The molecule has 1 aromatic carbocycles. The van der Waals surface area contributed by atoms with Crippen LogP contribution in [0.25, 0.3) is 10.9 Å². The lowest BCUT2D eigenvalue weighted by molar-refractivity contribution is 0.0765. The Morgan fingerprint density at radius 1 is 1.32 bits per heavy atom. The van der Waals surface area contributed by atoms with Crippen molar-refractivity contribution in [3.8, 4) is 0 Å². The molecule has 0 radical (unpaired) electrons. The van der Waals surface area contributed by atoms with Crippen molar-refractivity contribution in [1.29, 1.82) is 0 Å². The van der Waals surface area contributed by atoms with Gasteiger partial charge in [-0.3, -0.25) is 9.78 Å². The molecule has 1 heterocycles. The fourth-order valence-corrected chi connectivity index (χ4v) is 2.28. The van der Waals surface area contributed by atoms with Crippen LogP contribution < -0.4 is 0 Å². The largest absolute Gasteiger partial charge is 0.337 e. The first-order valence-corrected chi connectivity index (χ1v) is 6.99. The van der Waals surface area contributed by atoms with Crippen molar-refractivity contribution in [2.75, 3.05) is 19.0 Å². The van der Waals surface area contributed by atoms with Gasteiger partial charge in [0.2, 0.25) is 0 Å². The summed E-state index contributed by atoms with van der Waals surface area (Å²) in [6.45, 7) is 3.37. The maximum atomic E-state index is 12.4. The SMILES string of the molecule is CCCN(CCCl)C(=O)c1ccc2ncccc2c1. The van der Waals surface area contributed by atoms with Gasteiger partial charge >= 0.3 is 0 Å². The van der Waals surface area contributed by atoms with E-state index in [9.17, 15) is 4.79 Å². The van der Waals surface area contributed by atoms with Crippen molar-refractivity contribution in [3.05, 3.63) is 42.1 Å². The quantitative estimate of drug-likeness (QED) is 0.785. The lowest BCUT2D eigenvalue weighted by Crippen LogP contribution is -2.33. The molecule has 0 N–H and O–H groups in total. The highest BCUT2D eigenvalue weighted by molar-refractivity contribution is 6.18. The number of pyridine rings is 1. The molecule has 2 rings (SSSR count). The molecule has 0 aliphatic rings. The summed E-state index contributed by atoms with van der Waals surface area (Å²) in [6, 6.07) is 9.44. The highest BCUT2D eigenvalue weighted by Crippen LogP contribution is 2.15. The molecule has 3 nitrogen and oxygen atoms in total. The molecule has 0 aliphatic heterocycles. The van der Waals surface area contributed by atoms with E-state index in [-0.39, 0.29) is 5.91 Å². The minimum absolute atomic E-state index is 0.0354. The molecule has 100 valence electrons. The number of halogens is 1. The third-order valence-electron chi connectivity index (χ3n) is 2.99. The summed E-state index contributed by atoms with van der Waals surface area (Å²) in [5, 5.41) is 0.982. The first-order valence-electron chi connectivity index (χ1n) is 6.46. The lowest BCUT2D eigenvalue weighted by atomic mass is 10.1. The number of amides is 1. The zero-order valence-corrected chi connectivity index (χ0v) is 11.7. The van der Waals surface area contributed by atoms with Crippen molar-refractivity contribution in [2.45, 2.75) is 13.3 Å². The summed E-state index contributed by atoms with van der Waals surface area (Å²) < 4.78 is 0. The van der Waals surface area contributed by atoms with Gasteiger partial charge in [-0.2, -0.15) is 0 Å². The molecule has 0 saturated heterocycles. The predicted molar refractivity (Wildman–Crippen MR) is 78.7 cm³/mol. The fourth-order valence-electron chi connectivity index (χ4n) is 2.08. The number of aromatic nitrogens is 1. The smallest absolute Gasteiger partial charge is 0.253 e. The molecule has 0 unspecified atom stereocenters. The fraction of sp³-hybridized carbons (Fsp3) is 0.333. The van der Waals surface area contributed by atoms with E-state index in [2.05, 4.69) is 11.9 Å². The van der Waals surface area contributed by atoms with E-state index in [0.717, 1.165) is 23.9 Å². The van der Waals surface area contributed by atoms with E-state index in [1.54, 1.807) is 11.1 Å². The van der Waals surface area contributed by atoms with Gasteiger partial charge in [-0.15, -0.1) is 11.6 Å². The number of alkyl halides is 1. The minimum atomic E-state index is 0.0354. The van der Waals surface area contributed by atoms with Gasteiger partial charge < -0.3 is 4.90 Å². The second kappa shape index (κ2) is 6.53. The molecule has 4 heteroatoms. The monoisotopic (exact) mass is 276 g/mol. The van der Waals surface area contributed by atoms with Crippen LogP contribution in [0.15, 0.2) is 36.5 Å². The molecule has 0 atom stereocenters. The summed E-state index contributed by atoms with van der Waals surface area (Å²) >= 11 is 5.75. The van der Waals surface area contributed by atoms with Gasteiger partial charge in [0.05, 0.1) is 5.52 Å². The highest BCUT2D eigenvalue weighted by Gasteiger charge is 2.14. The summed E-state index contributed by atoms with van der Waals surface area (Å²) in [4.78, 5) is 18.5. The Morgan fingerprint density at radius 2 is 2.16 bits per heavy atom. The number of hydrogen-bond acceptors (Lipinski definition) is 2. The van der Waals surface area contributed by atoms with E-state index < -0.39 is 0 Å². The molecular weight excluding hydrogens is 260 g/mol. The Morgan fingerprint density at radius 3 is 2.89 bits per heavy atom. The number of nitrogens with zero attached hydrogens (tertiary/aromatic N) is 2. The van der Waals surface area contributed by atoms with Crippen molar-refractivity contribution in [3.63, 3.8) is 0 Å². The molecule has 0 bridgehead atoms. The second-order valence-corrected chi connectivity index (χ2v) is 4.77. The van der Waals surface area contributed by atoms with Crippen molar-refractivity contribution >= 4 is 28.4 Å². The van der Waals surface area contributed by atoms with Crippen LogP contribution in [-0.4, -0.2) is 34.8 Å². The Labute approximate surface area is 118 Å². The number of carbonyl (C=O) groups excluding carboxylic acids is 1. The molecule has 1 amide bonds. The number of rotatable bonds is 5. The van der Waals surface area contributed by atoms with Crippen LogP contribution in [0, 0.1) is 0 Å². The van der Waals surface area contributed by atoms with E-state index >= 15 is 0 Å². The van der Waals surface area contributed by atoms with E-state index in [1.165, 1.54) is 0 Å². The molecule has 0 aliphatic carbocycles. The van der Waals surface area contributed by atoms with Crippen LogP contribution in [0.3, 0.4) is 0 Å². The third kappa shape index (κ3) is 3.24. The molecule has 0 spiro atoms. The molecular formula is C15H17ClN2O. The topological polar surface area (TPSA) is 33.2 Å². The van der Waals surface area contributed by atoms with Crippen LogP contribution in [0.1, 0.15) is 23.7 Å². The zero-order chi connectivity index (χ0) is 13.7. The molecule has 19 heavy (non-hydrogen) atoms. The van der Waals surface area contributed by atoms with Crippen molar-refractivity contribution in [2.24, 2.45) is 0 Å².